The lowest BCUT2D eigenvalue weighted by molar-refractivity contribution is -0.168. The third kappa shape index (κ3) is 3.95. The quantitative estimate of drug-likeness (QED) is 0.563. The first-order valence-electron chi connectivity index (χ1n) is 7.76. The molecule has 0 aromatic rings. The largest absolute Gasteiger partial charge is 0.463 e. The van der Waals surface area contributed by atoms with Crippen LogP contribution in [0.3, 0.4) is 0 Å². The Morgan fingerprint density at radius 3 is 1.43 bits per heavy atom. The molecule has 2 saturated carbocycles. The van der Waals surface area contributed by atoms with Crippen molar-refractivity contribution < 1.29 is 29.3 Å². The van der Waals surface area contributed by atoms with Gasteiger partial charge in [0.05, 0.1) is 13.2 Å². The Labute approximate surface area is 124 Å². The maximum absolute atomic E-state index is 11.7. The van der Waals surface area contributed by atoms with Gasteiger partial charge in [-0.25, -0.2) is 9.59 Å². The Morgan fingerprint density at radius 1 is 0.762 bits per heavy atom. The van der Waals surface area contributed by atoms with Crippen molar-refractivity contribution in [2.45, 2.75) is 69.0 Å². The van der Waals surface area contributed by atoms with Crippen LogP contribution in [0, 0.1) is 0 Å². The highest BCUT2D eigenvalue weighted by Gasteiger charge is 2.41. The number of hydrogen-bond acceptors (Lipinski definition) is 6. The molecule has 2 rings (SSSR count). The summed E-state index contributed by atoms with van der Waals surface area (Å²) < 4.78 is 10.0. The van der Waals surface area contributed by atoms with E-state index in [1.807, 2.05) is 0 Å². The van der Waals surface area contributed by atoms with Crippen LogP contribution in [0.2, 0.25) is 0 Å². The highest BCUT2D eigenvalue weighted by atomic mass is 16.6. The Bertz CT molecular complexity index is 344. The number of aliphatic hydroxyl groups is 2. The van der Waals surface area contributed by atoms with E-state index in [4.69, 9.17) is 9.47 Å². The second-order valence-corrected chi connectivity index (χ2v) is 6.10. The highest BCUT2D eigenvalue weighted by Crippen LogP contribution is 2.31. The SMILES string of the molecule is O=C(OCCCOC(=O)C1(O)CCCC1)C1(O)CCCC1. The molecule has 0 unspecified atom stereocenters. The monoisotopic (exact) mass is 300 g/mol. The molecule has 120 valence electrons. The van der Waals surface area contributed by atoms with Gasteiger partial charge < -0.3 is 19.7 Å². The molecule has 0 aromatic heterocycles. The molecule has 0 aromatic carbocycles. The first-order chi connectivity index (χ1) is 9.96. The Kier molecular flexibility index (Phi) is 5.22. The molecule has 2 aliphatic rings. The van der Waals surface area contributed by atoms with E-state index in [1.165, 1.54) is 0 Å². The molecule has 0 spiro atoms. The summed E-state index contributed by atoms with van der Waals surface area (Å²) in [5.74, 6) is -1.17. The zero-order valence-electron chi connectivity index (χ0n) is 12.3. The van der Waals surface area contributed by atoms with Crippen LogP contribution in [-0.4, -0.2) is 46.6 Å². The van der Waals surface area contributed by atoms with Gasteiger partial charge in [-0.3, -0.25) is 0 Å². The van der Waals surface area contributed by atoms with Gasteiger partial charge in [-0.1, -0.05) is 0 Å². The minimum absolute atomic E-state index is 0.104. The van der Waals surface area contributed by atoms with Gasteiger partial charge in [0.2, 0.25) is 0 Å². The number of rotatable bonds is 6. The highest BCUT2D eigenvalue weighted by molar-refractivity contribution is 5.80. The number of ether oxygens (including phenoxy) is 2. The van der Waals surface area contributed by atoms with Crippen molar-refractivity contribution in [2.24, 2.45) is 0 Å². The molecule has 0 saturated heterocycles. The van der Waals surface area contributed by atoms with Gasteiger partial charge in [-0.2, -0.15) is 0 Å². The third-order valence-electron chi connectivity index (χ3n) is 4.38. The second kappa shape index (κ2) is 6.75. The summed E-state index contributed by atoms with van der Waals surface area (Å²) >= 11 is 0. The van der Waals surface area contributed by atoms with Crippen LogP contribution in [0.15, 0.2) is 0 Å². The Hall–Kier alpha value is -1.14. The number of esters is 2. The molecule has 6 heteroatoms. The van der Waals surface area contributed by atoms with Crippen molar-refractivity contribution in [3.05, 3.63) is 0 Å². The van der Waals surface area contributed by atoms with Gasteiger partial charge in [0.15, 0.2) is 11.2 Å². The molecule has 2 aliphatic carbocycles. The van der Waals surface area contributed by atoms with Crippen molar-refractivity contribution in [1.29, 1.82) is 0 Å². The predicted octanol–water partition coefficient (Wildman–Crippen LogP) is 1.07. The molecule has 6 nitrogen and oxygen atoms in total. The first kappa shape index (κ1) is 16.2. The maximum atomic E-state index is 11.7. The smallest absolute Gasteiger partial charge is 0.338 e. The lowest BCUT2D eigenvalue weighted by Gasteiger charge is -2.21. The molecule has 0 amide bonds. The number of carbonyl (C=O) groups is 2. The van der Waals surface area contributed by atoms with Gasteiger partial charge in [0.25, 0.3) is 0 Å². The van der Waals surface area contributed by atoms with E-state index < -0.39 is 23.1 Å². The molecule has 0 heterocycles. The van der Waals surface area contributed by atoms with Crippen molar-refractivity contribution in [1.82, 2.24) is 0 Å². The van der Waals surface area contributed by atoms with Gasteiger partial charge in [0.1, 0.15) is 0 Å². The van der Waals surface area contributed by atoms with Crippen molar-refractivity contribution in [3.63, 3.8) is 0 Å². The summed E-state index contributed by atoms with van der Waals surface area (Å²) in [4.78, 5) is 23.4. The topological polar surface area (TPSA) is 93.1 Å². The van der Waals surface area contributed by atoms with E-state index in [0.29, 0.717) is 32.1 Å². The fourth-order valence-electron chi connectivity index (χ4n) is 2.99. The summed E-state index contributed by atoms with van der Waals surface area (Å²) in [6.45, 7) is 0.208. The average Bonchev–Trinajstić information content (AvgIpc) is 3.08. The van der Waals surface area contributed by atoms with Crippen LogP contribution in [-0.2, 0) is 19.1 Å². The molecule has 0 radical (unpaired) electrons. The third-order valence-corrected chi connectivity index (χ3v) is 4.38. The molecular weight excluding hydrogens is 276 g/mol. The summed E-state index contributed by atoms with van der Waals surface area (Å²) in [6.07, 6.45) is 5.51. The van der Waals surface area contributed by atoms with Crippen molar-refractivity contribution in [2.75, 3.05) is 13.2 Å². The van der Waals surface area contributed by atoms with Crippen LogP contribution < -0.4 is 0 Å². The van der Waals surface area contributed by atoms with E-state index in [2.05, 4.69) is 0 Å². The average molecular weight is 300 g/mol. The van der Waals surface area contributed by atoms with Gasteiger partial charge in [-0.05, 0) is 51.4 Å². The minimum Gasteiger partial charge on any atom is -0.463 e. The maximum Gasteiger partial charge on any atom is 0.338 e. The molecular formula is C15H24O6. The fraction of sp³-hybridized carbons (Fsp3) is 0.867. The summed E-state index contributed by atoms with van der Waals surface area (Å²) in [5, 5.41) is 20.0. The molecule has 0 aliphatic heterocycles. The van der Waals surface area contributed by atoms with Crippen LogP contribution in [0.4, 0.5) is 0 Å². The number of hydrogen-bond donors (Lipinski definition) is 2. The molecule has 0 atom stereocenters. The van der Waals surface area contributed by atoms with Crippen molar-refractivity contribution >= 4 is 11.9 Å². The van der Waals surface area contributed by atoms with Gasteiger partial charge >= 0.3 is 11.9 Å². The van der Waals surface area contributed by atoms with E-state index in [0.717, 1.165) is 25.7 Å². The van der Waals surface area contributed by atoms with Crippen LogP contribution in [0.5, 0.6) is 0 Å². The van der Waals surface area contributed by atoms with E-state index in [1.54, 1.807) is 0 Å². The lowest BCUT2D eigenvalue weighted by atomic mass is 10.0. The Balaban J connectivity index is 1.60. The first-order valence-corrected chi connectivity index (χ1v) is 7.76. The molecule has 2 fully saturated rings. The zero-order valence-corrected chi connectivity index (χ0v) is 12.3. The van der Waals surface area contributed by atoms with Crippen LogP contribution in [0.1, 0.15) is 57.8 Å². The fourth-order valence-corrected chi connectivity index (χ4v) is 2.99. The zero-order chi connectivity index (χ0) is 15.3. The normalized spacial score (nSPS) is 23.0. The second-order valence-electron chi connectivity index (χ2n) is 6.10. The van der Waals surface area contributed by atoms with Crippen molar-refractivity contribution in [3.8, 4) is 0 Å². The summed E-state index contributed by atoms with van der Waals surface area (Å²) in [7, 11) is 0. The standard InChI is InChI=1S/C15H24O6/c16-12(14(18)6-1-2-7-14)20-10-5-11-21-13(17)15(19)8-3-4-9-15/h18-19H,1-11H2. The van der Waals surface area contributed by atoms with E-state index in [-0.39, 0.29) is 13.2 Å². The number of carbonyl (C=O) groups excluding carboxylic acids is 2. The van der Waals surface area contributed by atoms with Crippen LogP contribution in [0.25, 0.3) is 0 Å². The van der Waals surface area contributed by atoms with E-state index >= 15 is 0 Å². The molecule has 2 N–H and O–H groups in total. The molecule has 0 bridgehead atoms. The summed E-state index contributed by atoms with van der Waals surface area (Å²) in [6, 6.07) is 0. The lowest BCUT2D eigenvalue weighted by Crippen LogP contribution is -2.38. The summed E-state index contributed by atoms with van der Waals surface area (Å²) in [5.41, 5.74) is -2.65. The predicted molar refractivity (Wildman–Crippen MR) is 73.4 cm³/mol. The molecule has 21 heavy (non-hydrogen) atoms. The van der Waals surface area contributed by atoms with Gasteiger partial charge in [0, 0.05) is 6.42 Å². The van der Waals surface area contributed by atoms with Gasteiger partial charge in [-0.15, -0.1) is 0 Å². The van der Waals surface area contributed by atoms with E-state index in [9.17, 15) is 19.8 Å². The Morgan fingerprint density at radius 2 is 1.10 bits per heavy atom. The minimum atomic E-state index is -1.32. The van der Waals surface area contributed by atoms with Crippen LogP contribution >= 0.6 is 0 Å².